The highest BCUT2D eigenvalue weighted by Crippen LogP contribution is 2.27. The van der Waals surface area contributed by atoms with E-state index in [-0.39, 0.29) is 0 Å². The monoisotopic (exact) mass is 229 g/mol. The highest BCUT2D eigenvalue weighted by atomic mass is 79.9. The molecular formula is C7H5BrFN3. The SMILES string of the molecule is Cc1c(Br)cc(F)cc1N=[N+]=[N-]. The van der Waals surface area contributed by atoms with Crippen molar-refractivity contribution in [3.63, 3.8) is 0 Å². The van der Waals surface area contributed by atoms with Gasteiger partial charge in [-0.25, -0.2) is 4.39 Å². The molecule has 0 amide bonds. The molecule has 0 spiro atoms. The van der Waals surface area contributed by atoms with Crippen LogP contribution in [-0.4, -0.2) is 0 Å². The van der Waals surface area contributed by atoms with Gasteiger partial charge >= 0.3 is 0 Å². The van der Waals surface area contributed by atoms with Gasteiger partial charge in [-0.05, 0) is 30.2 Å². The second-order valence-electron chi connectivity index (χ2n) is 2.22. The molecule has 0 saturated carbocycles. The first kappa shape index (κ1) is 9.03. The Morgan fingerprint density at radius 2 is 2.25 bits per heavy atom. The van der Waals surface area contributed by atoms with Gasteiger partial charge in [-0.15, -0.1) is 0 Å². The molecule has 5 heteroatoms. The Balaban J connectivity index is 3.36. The third kappa shape index (κ3) is 1.75. The Labute approximate surface area is 77.0 Å². The molecule has 0 fully saturated rings. The van der Waals surface area contributed by atoms with E-state index in [9.17, 15) is 4.39 Å². The molecule has 0 heterocycles. The molecule has 62 valence electrons. The van der Waals surface area contributed by atoms with Gasteiger partial charge in [-0.3, -0.25) is 0 Å². The first-order valence-corrected chi connectivity index (χ1v) is 3.95. The lowest BCUT2D eigenvalue weighted by Gasteiger charge is -2.01. The normalized spacial score (nSPS) is 9.25. The molecule has 3 nitrogen and oxygen atoms in total. The summed E-state index contributed by atoms with van der Waals surface area (Å²) in [6.07, 6.45) is 0. The van der Waals surface area contributed by atoms with Gasteiger partial charge in [0.25, 0.3) is 0 Å². The molecule has 0 aromatic heterocycles. The summed E-state index contributed by atoms with van der Waals surface area (Å²) >= 11 is 3.14. The first-order chi connectivity index (χ1) is 5.65. The summed E-state index contributed by atoms with van der Waals surface area (Å²) in [4.78, 5) is 2.59. The van der Waals surface area contributed by atoms with Gasteiger partial charge in [-0.2, -0.15) is 0 Å². The van der Waals surface area contributed by atoms with Crippen LogP contribution < -0.4 is 0 Å². The van der Waals surface area contributed by atoms with Crippen LogP contribution >= 0.6 is 15.9 Å². The van der Waals surface area contributed by atoms with Crippen molar-refractivity contribution >= 4 is 21.6 Å². The Kier molecular flexibility index (Phi) is 2.68. The smallest absolute Gasteiger partial charge is 0.124 e. The number of hydrogen-bond acceptors (Lipinski definition) is 1. The fraction of sp³-hybridized carbons (Fsp3) is 0.143. The zero-order chi connectivity index (χ0) is 9.14. The Morgan fingerprint density at radius 1 is 1.58 bits per heavy atom. The Bertz CT molecular complexity index is 358. The summed E-state index contributed by atoms with van der Waals surface area (Å²) in [5.74, 6) is -0.421. The standard InChI is InChI=1S/C7H5BrFN3/c1-4-6(8)2-5(9)3-7(4)11-12-10/h2-3H,1H3. The topological polar surface area (TPSA) is 48.8 Å². The van der Waals surface area contributed by atoms with Crippen LogP contribution in [0.2, 0.25) is 0 Å². The predicted octanol–water partition coefficient (Wildman–Crippen LogP) is 3.84. The number of benzene rings is 1. The van der Waals surface area contributed by atoms with Crippen LogP contribution in [0.3, 0.4) is 0 Å². The Hall–Kier alpha value is -1.06. The van der Waals surface area contributed by atoms with Crippen molar-refractivity contribution in [2.45, 2.75) is 6.92 Å². The summed E-state index contributed by atoms with van der Waals surface area (Å²) in [6, 6.07) is 2.52. The zero-order valence-electron chi connectivity index (χ0n) is 6.25. The van der Waals surface area contributed by atoms with E-state index >= 15 is 0 Å². The molecule has 0 aliphatic carbocycles. The second-order valence-corrected chi connectivity index (χ2v) is 3.08. The molecule has 12 heavy (non-hydrogen) atoms. The lowest BCUT2D eigenvalue weighted by Crippen LogP contribution is -1.80. The van der Waals surface area contributed by atoms with E-state index in [4.69, 9.17) is 5.53 Å². The quantitative estimate of drug-likeness (QED) is 0.399. The largest absolute Gasteiger partial charge is 0.207 e. The number of azide groups is 1. The molecule has 0 unspecified atom stereocenters. The third-order valence-corrected chi connectivity index (χ3v) is 2.26. The molecular weight excluding hydrogens is 225 g/mol. The highest BCUT2D eigenvalue weighted by Gasteiger charge is 2.02. The number of rotatable bonds is 1. The summed E-state index contributed by atoms with van der Waals surface area (Å²) < 4.78 is 13.3. The van der Waals surface area contributed by atoms with Gasteiger partial charge in [0.1, 0.15) is 5.82 Å². The molecule has 0 saturated heterocycles. The van der Waals surface area contributed by atoms with Crippen molar-refractivity contribution in [1.29, 1.82) is 0 Å². The van der Waals surface area contributed by atoms with Gasteiger partial charge < -0.3 is 0 Å². The Morgan fingerprint density at radius 3 is 2.83 bits per heavy atom. The second kappa shape index (κ2) is 3.56. The minimum absolute atomic E-state index is 0.310. The van der Waals surface area contributed by atoms with E-state index in [1.54, 1.807) is 6.92 Å². The number of nitrogens with zero attached hydrogens (tertiary/aromatic N) is 3. The zero-order valence-corrected chi connectivity index (χ0v) is 7.84. The lowest BCUT2D eigenvalue weighted by atomic mass is 10.2. The average Bonchev–Trinajstić information content (AvgIpc) is 2.00. The van der Waals surface area contributed by atoms with Gasteiger partial charge in [0.05, 0.1) is 0 Å². The summed E-state index contributed by atoms with van der Waals surface area (Å²) in [5.41, 5.74) is 9.19. The fourth-order valence-corrected chi connectivity index (χ4v) is 1.21. The van der Waals surface area contributed by atoms with Crippen molar-refractivity contribution in [3.05, 3.63) is 38.4 Å². The van der Waals surface area contributed by atoms with Gasteiger partial charge in [0, 0.05) is 15.1 Å². The number of halogens is 2. The van der Waals surface area contributed by atoms with Crippen LogP contribution in [0.1, 0.15) is 5.56 Å². The molecule has 0 atom stereocenters. The number of hydrogen-bond donors (Lipinski definition) is 0. The molecule has 0 N–H and O–H groups in total. The first-order valence-electron chi connectivity index (χ1n) is 3.16. The van der Waals surface area contributed by atoms with Crippen LogP contribution in [0.5, 0.6) is 0 Å². The van der Waals surface area contributed by atoms with Crippen molar-refractivity contribution in [2.75, 3.05) is 0 Å². The van der Waals surface area contributed by atoms with Crippen molar-refractivity contribution in [3.8, 4) is 0 Å². The van der Waals surface area contributed by atoms with Crippen LogP contribution in [0.15, 0.2) is 21.7 Å². The maximum absolute atomic E-state index is 12.7. The summed E-state index contributed by atoms with van der Waals surface area (Å²) in [6.45, 7) is 1.74. The molecule has 0 bridgehead atoms. The van der Waals surface area contributed by atoms with Gasteiger partial charge in [0.15, 0.2) is 0 Å². The molecule has 0 aliphatic heterocycles. The predicted molar refractivity (Wildman–Crippen MR) is 47.6 cm³/mol. The third-order valence-electron chi connectivity index (χ3n) is 1.43. The fourth-order valence-electron chi connectivity index (χ4n) is 0.784. The van der Waals surface area contributed by atoms with Crippen molar-refractivity contribution < 1.29 is 4.39 Å². The molecule has 0 aliphatic rings. The average molecular weight is 230 g/mol. The molecule has 1 aromatic carbocycles. The lowest BCUT2D eigenvalue weighted by molar-refractivity contribution is 0.627. The summed E-state index contributed by atoms with van der Waals surface area (Å²) in [7, 11) is 0. The van der Waals surface area contributed by atoms with Crippen LogP contribution in [0.4, 0.5) is 10.1 Å². The van der Waals surface area contributed by atoms with Crippen molar-refractivity contribution in [2.24, 2.45) is 5.11 Å². The molecule has 1 aromatic rings. The van der Waals surface area contributed by atoms with E-state index in [1.807, 2.05) is 0 Å². The van der Waals surface area contributed by atoms with Crippen LogP contribution in [-0.2, 0) is 0 Å². The minimum atomic E-state index is -0.421. The molecule has 0 radical (unpaired) electrons. The van der Waals surface area contributed by atoms with Gasteiger partial charge in [-0.1, -0.05) is 21.0 Å². The summed E-state index contributed by atoms with van der Waals surface area (Å²) in [5, 5.41) is 3.34. The molecule has 1 rings (SSSR count). The van der Waals surface area contributed by atoms with Crippen LogP contribution in [0.25, 0.3) is 10.4 Å². The van der Waals surface area contributed by atoms with Gasteiger partial charge in [0.2, 0.25) is 0 Å². The minimum Gasteiger partial charge on any atom is -0.207 e. The van der Waals surface area contributed by atoms with E-state index in [2.05, 4.69) is 26.0 Å². The van der Waals surface area contributed by atoms with E-state index in [0.717, 1.165) is 5.56 Å². The van der Waals surface area contributed by atoms with E-state index in [0.29, 0.717) is 10.2 Å². The maximum atomic E-state index is 12.7. The maximum Gasteiger partial charge on any atom is 0.124 e. The van der Waals surface area contributed by atoms with Crippen molar-refractivity contribution in [1.82, 2.24) is 0 Å². The highest BCUT2D eigenvalue weighted by molar-refractivity contribution is 9.10. The van der Waals surface area contributed by atoms with E-state index in [1.165, 1.54) is 12.1 Å². The van der Waals surface area contributed by atoms with Crippen LogP contribution in [0, 0.1) is 12.7 Å². The van der Waals surface area contributed by atoms with E-state index < -0.39 is 5.82 Å².